The lowest BCUT2D eigenvalue weighted by molar-refractivity contribution is -0.120. The van der Waals surface area contributed by atoms with Crippen LogP contribution in [0.2, 0.25) is 0 Å². The van der Waals surface area contributed by atoms with Crippen LogP contribution in [0.4, 0.5) is 11.4 Å². The van der Waals surface area contributed by atoms with E-state index in [0.717, 1.165) is 16.8 Å². The second kappa shape index (κ2) is 7.42. The molecule has 0 aliphatic heterocycles. The molecule has 0 bridgehead atoms. The van der Waals surface area contributed by atoms with Crippen molar-refractivity contribution in [1.82, 2.24) is 0 Å². The van der Waals surface area contributed by atoms with E-state index in [2.05, 4.69) is 5.32 Å². The predicted molar refractivity (Wildman–Crippen MR) is 93.7 cm³/mol. The summed E-state index contributed by atoms with van der Waals surface area (Å²) in [5, 5.41) is 11.8. The average Bonchev–Trinajstić information content (AvgIpc) is 2.54. The summed E-state index contributed by atoms with van der Waals surface area (Å²) in [7, 11) is 0. The fraction of sp³-hybridized carbons (Fsp3) is 0.211. The predicted octanol–water partition coefficient (Wildman–Crippen LogP) is 3.17. The number of nitrogens with one attached hydrogen (secondary N) is 1. The van der Waals surface area contributed by atoms with Crippen molar-refractivity contribution in [1.29, 1.82) is 5.26 Å². The number of carbonyl (C=O) groups is 2. The van der Waals surface area contributed by atoms with Gasteiger partial charge in [-0.25, -0.2) is 0 Å². The van der Waals surface area contributed by atoms with Gasteiger partial charge in [0.25, 0.3) is 0 Å². The Morgan fingerprint density at radius 1 is 1.08 bits per heavy atom. The smallest absolute Gasteiger partial charge is 0.244 e. The number of aryl methyl sites for hydroxylation is 2. The highest BCUT2D eigenvalue weighted by molar-refractivity contribution is 6.03. The summed E-state index contributed by atoms with van der Waals surface area (Å²) < 4.78 is 0. The lowest BCUT2D eigenvalue weighted by Crippen LogP contribution is -2.37. The summed E-state index contributed by atoms with van der Waals surface area (Å²) in [6.45, 7) is 5.13. The van der Waals surface area contributed by atoms with E-state index in [1.165, 1.54) is 11.8 Å². The molecule has 0 saturated carbocycles. The van der Waals surface area contributed by atoms with E-state index in [1.807, 2.05) is 38.1 Å². The van der Waals surface area contributed by atoms with Gasteiger partial charge in [0, 0.05) is 6.92 Å². The largest absolute Gasteiger partial charge is 0.323 e. The fourth-order valence-electron chi connectivity index (χ4n) is 2.60. The molecule has 0 aliphatic rings. The molecule has 0 unspecified atom stereocenters. The minimum Gasteiger partial charge on any atom is -0.323 e. The number of benzene rings is 2. The van der Waals surface area contributed by atoms with Crippen LogP contribution in [0, 0.1) is 25.2 Å². The van der Waals surface area contributed by atoms with Crippen molar-refractivity contribution in [3.05, 3.63) is 59.2 Å². The van der Waals surface area contributed by atoms with Gasteiger partial charge >= 0.3 is 0 Å². The minimum atomic E-state index is -0.351. The van der Waals surface area contributed by atoms with Crippen LogP contribution in [0.3, 0.4) is 0 Å². The molecule has 1 N–H and O–H groups in total. The Morgan fingerprint density at radius 2 is 1.71 bits per heavy atom. The van der Waals surface area contributed by atoms with Gasteiger partial charge in [0.05, 0.1) is 16.9 Å². The van der Waals surface area contributed by atoms with E-state index in [1.54, 1.807) is 24.3 Å². The fourth-order valence-corrected chi connectivity index (χ4v) is 2.60. The first-order chi connectivity index (χ1) is 11.4. The van der Waals surface area contributed by atoms with Crippen molar-refractivity contribution in [3.8, 4) is 6.07 Å². The second-order valence-corrected chi connectivity index (χ2v) is 5.55. The van der Waals surface area contributed by atoms with Crippen molar-refractivity contribution in [3.63, 3.8) is 0 Å². The first kappa shape index (κ1) is 17.2. The third-order valence-electron chi connectivity index (χ3n) is 3.71. The standard InChI is InChI=1S/C19H19N3O2/c1-13-7-6-8-14(2)19(13)22(15(3)23)12-18(24)21-17-10-5-4-9-16(17)11-20/h4-10H,12H2,1-3H3,(H,21,24). The van der Waals surface area contributed by atoms with Gasteiger partial charge < -0.3 is 10.2 Å². The molecule has 24 heavy (non-hydrogen) atoms. The number of carbonyl (C=O) groups excluding carboxylic acids is 2. The molecule has 5 heteroatoms. The zero-order valence-corrected chi connectivity index (χ0v) is 14.0. The van der Waals surface area contributed by atoms with Crippen LogP contribution in [0.5, 0.6) is 0 Å². The van der Waals surface area contributed by atoms with Crippen LogP contribution in [-0.4, -0.2) is 18.4 Å². The molecule has 2 aromatic carbocycles. The van der Waals surface area contributed by atoms with Gasteiger partial charge in [-0.3, -0.25) is 9.59 Å². The lowest BCUT2D eigenvalue weighted by atomic mass is 10.1. The van der Waals surface area contributed by atoms with E-state index in [0.29, 0.717) is 11.3 Å². The summed E-state index contributed by atoms with van der Waals surface area (Å²) in [6, 6.07) is 14.5. The summed E-state index contributed by atoms with van der Waals surface area (Å²) in [5.74, 6) is -0.563. The van der Waals surface area contributed by atoms with Gasteiger partial charge in [-0.15, -0.1) is 0 Å². The molecule has 0 aromatic heterocycles. The second-order valence-electron chi connectivity index (χ2n) is 5.55. The molecule has 0 fully saturated rings. The number of nitrogens with zero attached hydrogens (tertiary/aromatic N) is 2. The van der Waals surface area contributed by atoms with Gasteiger partial charge in [0.1, 0.15) is 12.6 Å². The molecule has 5 nitrogen and oxygen atoms in total. The highest BCUT2D eigenvalue weighted by Gasteiger charge is 2.19. The van der Waals surface area contributed by atoms with E-state index in [4.69, 9.17) is 5.26 Å². The van der Waals surface area contributed by atoms with Gasteiger partial charge in [-0.2, -0.15) is 5.26 Å². The highest BCUT2D eigenvalue weighted by Crippen LogP contribution is 2.25. The van der Waals surface area contributed by atoms with Crippen LogP contribution in [0.1, 0.15) is 23.6 Å². The molecule has 0 radical (unpaired) electrons. The van der Waals surface area contributed by atoms with Gasteiger partial charge in [0.2, 0.25) is 11.8 Å². The molecule has 2 amide bonds. The molecule has 0 aliphatic carbocycles. The monoisotopic (exact) mass is 321 g/mol. The topological polar surface area (TPSA) is 73.2 Å². The number of anilines is 2. The number of amides is 2. The molecule has 2 aromatic rings. The molecule has 0 spiro atoms. The zero-order chi connectivity index (χ0) is 17.7. The van der Waals surface area contributed by atoms with Crippen LogP contribution >= 0.6 is 0 Å². The normalized spacial score (nSPS) is 9.92. The van der Waals surface area contributed by atoms with E-state index in [-0.39, 0.29) is 18.4 Å². The van der Waals surface area contributed by atoms with Crippen LogP contribution < -0.4 is 10.2 Å². The van der Waals surface area contributed by atoms with Crippen molar-refractivity contribution in [2.45, 2.75) is 20.8 Å². The number of para-hydroxylation sites is 2. The summed E-state index contributed by atoms with van der Waals surface area (Å²) in [6.07, 6.45) is 0. The van der Waals surface area contributed by atoms with E-state index >= 15 is 0 Å². The Bertz CT molecular complexity index is 801. The van der Waals surface area contributed by atoms with Gasteiger partial charge in [0.15, 0.2) is 0 Å². The lowest BCUT2D eigenvalue weighted by Gasteiger charge is -2.24. The zero-order valence-electron chi connectivity index (χ0n) is 14.0. The number of nitriles is 1. The van der Waals surface area contributed by atoms with E-state index in [9.17, 15) is 9.59 Å². The molecule has 0 heterocycles. The first-order valence-corrected chi connectivity index (χ1v) is 7.57. The minimum absolute atomic E-state index is 0.110. The van der Waals surface area contributed by atoms with Gasteiger partial charge in [-0.05, 0) is 37.1 Å². The van der Waals surface area contributed by atoms with Crippen LogP contribution in [-0.2, 0) is 9.59 Å². The number of hydrogen-bond donors (Lipinski definition) is 1. The average molecular weight is 321 g/mol. The molecule has 0 saturated heterocycles. The molecule has 0 atom stereocenters. The van der Waals surface area contributed by atoms with Crippen molar-refractivity contribution >= 4 is 23.2 Å². The van der Waals surface area contributed by atoms with Crippen molar-refractivity contribution in [2.75, 3.05) is 16.8 Å². The summed E-state index contributed by atoms with van der Waals surface area (Å²) in [4.78, 5) is 25.9. The first-order valence-electron chi connectivity index (χ1n) is 7.57. The molecule has 122 valence electrons. The molecular formula is C19H19N3O2. The summed E-state index contributed by atoms with van der Waals surface area (Å²) in [5.41, 5.74) is 3.42. The Kier molecular flexibility index (Phi) is 5.33. The van der Waals surface area contributed by atoms with Gasteiger partial charge in [-0.1, -0.05) is 30.3 Å². The highest BCUT2D eigenvalue weighted by atomic mass is 16.2. The molecule has 2 rings (SSSR count). The maximum atomic E-state index is 12.4. The number of hydrogen-bond acceptors (Lipinski definition) is 3. The third-order valence-corrected chi connectivity index (χ3v) is 3.71. The van der Waals surface area contributed by atoms with E-state index < -0.39 is 0 Å². The maximum absolute atomic E-state index is 12.4. The summed E-state index contributed by atoms with van der Waals surface area (Å²) >= 11 is 0. The Balaban J connectivity index is 2.24. The van der Waals surface area contributed by atoms with Crippen LogP contribution in [0.15, 0.2) is 42.5 Å². The van der Waals surface area contributed by atoms with Crippen LogP contribution in [0.25, 0.3) is 0 Å². The quantitative estimate of drug-likeness (QED) is 0.940. The maximum Gasteiger partial charge on any atom is 0.244 e. The Labute approximate surface area is 141 Å². The SMILES string of the molecule is CC(=O)N(CC(=O)Nc1ccccc1C#N)c1c(C)cccc1C. The number of rotatable bonds is 4. The molecular weight excluding hydrogens is 302 g/mol. The Hall–Kier alpha value is -3.13. The van der Waals surface area contributed by atoms with Crippen molar-refractivity contribution < 1.29 is 9.59 Å². The van der Waals surface area contributed by atoms with Crippen molar-refractivity contribution in [2.24, 2.45) is 0 Å². The third kappa shape index (κ3) is 3.79. The Morgan fingerprint density at radius 3 is 2.29 bits per heavy atom.